The summed E-state index contributed by atoms with van der Waals surface area (Å²) in [4.78, 5) is 31.7. The lowest BCUT2D eigenvalue weighted by Gasteiger charge is -2.17. The van der Waals surface area contributed by atoms with Crippen LogP contribution in [0.25, 0.3) is 21.5 Å². The Labute approximate surface area is 308 Å². The summed E-state index contributed by atoms with van der Waals surface area (Å²) in [6.07, 6.45) is -0.130. The lowest BCUT2D eigenvalue weighted by Crippen LogP contribution is -2.32. The predicted octanol–water partition coefficient (Wildman–Crippen LogP) is 7.94. The van der Waals surface area contributed by atoms with Gasteiger partial charge in [0.05, 0.1) is 6.10 Å². The summed E-state index contributed by atoms with van der Waals surface area (Å²) >= 11 is 0. The molecule has 0 saturated heterocycles. The van der Waals surface area contributed by atoms with Gasteiger partial charge >= 0.3 is 0 Å². The molecular weight excluding hydrogens is 657 g/mol. The van der Waals surface area contributed by atoms with Crippen LogP contribution in [0.1, 0.15) is 72.2 Å². The number of aromatic nitrogens is 2. The van der Waals surface area contributed by atoms with Crippen molar-refractivity contribution in [3.63, 3.8) is 0 Å². The van der Waals surface area contributed by atoms with Gasteiger partial charge in [-0.05, 0) is 61.8 Å². The molecular formula is C44H42N8O. The van der Waals surface area contributed by atoms with Crippen molar-refractivity contribution in [1.29, 1.82) is 0 Å². The molecule has 0 fully saturated rings. The van der Waals surface area contributed by atoms with Crippen LogP contribution < -0.4 is 11.0 Å². The quantitative estimate of drug-likeness (QED) is 0.195. The van der Waals surface area contributed by atoms with E-state index in [9.17, 15) is 5.11 Å². The van der Waals surface area contributed by atoms with Gasteiger partial charge in [0, 0.05) is 43.8 Å². The zero-order valence-corrected chi connectivity index (χ0v) is 31.4. The molecule has 6 aromatic rings. The van der Waals surface area contributed by atoms with Crippen LogP contribution in [-0.4, -0.2) is 43.7 Å². The summed E-state index contributed by atoms with van der Waals surface area (Å²) in [5, 5.41) is 13.4. The largest absolute Gasteiger partial charge is 0.393 e. The minimum absolute atomic E-state index is 0.130. The Morgan fingerprint density at radius 1 is 0.491 bits per heavy atom. The Kier molecular flexibility index (Phi) is 7.57. The van der Waals surface area contributed by atoms with Crippen LogP contribution in [0.2, 0.25) is 0 Å². The number of benzene rings is 4. The maximum absolute atomic E-state index is 9.20. The van der Waals surface area contributed by atoms with Crippen LogP contribution in [-0.2, 0) is 6.67 Å². The number of amidine groups is 4. The predicted molar refractivity (Wildman–Crippen MR) is 215 cm³/mol. The number of aryl methyl sites for hydroxylation is 4. The Morgan fingerprint density at radius 2 is 0.981 bits per heavy atom. The highest BCUT2D eigenvalue weighted by molar-refractivity contribution is 6.26. The van der Waals surface area contributed by atoms with Crippen molar-refractivity contribution in [1.82, 2.24) is 9.13 Å². The molecule has 4 aliphatic heterocycles. The molecule has 0 radical (unpaired) electrons. The van der Waals surface area contributed by atoms with Gasteiger partial charge in [-0.1, -0.05) is 100 Å². The van der Waals surface area contributed by atoms with Gasteiger partial charge in [0.1, 0.15) is 29.3 Å². The lowest BCUT2D eigenvalue weighted by molar-refractivity contribution is 0.0801. The smallest absolute Gasteiger partial charge is 0.165 e. The zero-order chi connectivity index (χ0) is 36.9. The fourth-order valence-electron chi connectivity index (χ4n) is 8.18. The van der Waals surface area contributed by atoms with Crippen LogP contribution in [0, 0.1) is 39.5 Å². The standard InChI is InChI=1S/C37H26N8.C7H16O/c1-18-9-5-13-22-26(18)32-38-30(22)40-34-25-16-8-12-21(4)29(25)37-43-33-27-19(2)10-6-14-23(27)31(39-33)41-35-24-15-7-11-20(3)28(24)36(42-32)44(35)17-45(34)37;1-5(2)7(8)6(3)4/h5-16H,17H2,1-4H3;5-8H,1-4H3. The highest BCUT2D eigenvalue weighted by atomic mass is 16.3. The summed E-state index contributed by atoms with van der Waals surface area (Å²) in [5.41, 5.74) is 10.1. The molecule has 6 heterocycles. The third-order valence-electron chi connectivity index (χ3n) is 10.9. The molecule has 0 unspecified atom stereocenters. The van der Waals surface area contributed by atoms with Crippen LogP contribution >= 0.6 is 0 Å². The summed E-state index contributed by atoms with van der Waals surface area (Å²) in [6.45, 7) is 17.1. The normalized spacial score (nSPS) is 14.9. The maximum Gasteiger partial charge on any atom is 0.165 e. The molecule has 9 nitrogen and oxygen atoms in total. The van der Waals surface area contributed by atoms with Crippen molar-refractivity contribution in [3.05, 3.63) is 128 Å². The van der Waals surface area contributed by atoms with Crippen LogP contribution in [0.3, 0.4) is 0 Å². The average molecular weight is 699 g/mol. The molecule has 264 valence electrons. The summed E-state index contributed by atoms with van der Waals surface area (Å²) in [6, 6.07) is 25.3. The lowest BCUT2D eigenvalue weighted by atomic mass is 9.97. The van der Waals surface area contributed by atoms with Gasteiger partial charge in [0.2, 0.25) is 0 Å². The van der Waals surface area contributed by atoms with E-state index in [1.165, 1.54) is 0 Å². The van der Waals surface area contributed by atoms with E-state index in [4.69, 9.17) is 30.0 Å². The van der Waals surface area contributed by atoms with Gasteiger partial charge in [-0.2, -0.15) is 0 Å². The topological polar surface area (TPSA) is 104 Å². The van der Waals surface area contributed by atoms with Crippen molar-refractivity contribution in [2.24, 2.45) is 41.8 Å². The van der Waals surface area contributed by atoms with Gasteiger partial charge in [0.25, 0.3) is 0 Å². The van der Waals surface area contributed by atoms with Crippen LogP contribution in [0.4, 0.5) is 11.6 Å². The van der Waals surface area contributed by atoms with Gasteiger partial charge in [-0.15, -0.1) is 0 Å². The molecule has 10 rings (SSSR count). The minimum Gasteiger partial charge on any atom is -0.393 e. The average Bonchev–Trinajstić information content (AvgIpc) is 3.83. The number of hydrogen-bond donors (Lipinski definition) is 1. The third-order valence-corrected chi connectivity index (χ3v) is 10.9. The first kappa shape index (κ1) is 33.1. The van der Waals surface area contributed by atoms with E-state index < -0.39 is 0 Å². The molecule has 0 amide bonds. The second kappa shape index (κ2) is 12.1. The molecule has 0 spiro atoms. The van der Waals surface area contributed by atoms with E-state index in [0.29, 0.717) is 41.8 Å². The number of aliphatic hydroxyl groups is 1. The van der Waals surface area contributed by atoms with Crippen LogP contribution in [0.15, 0.2) is 103 Å². The Balaban J connectivity index is 0.000000421. The molecule has 9 heteroatoms. The highest BCUT2D eigenvalue weighted by Crippen LogP contribution is 2.42. The molecule has 6 bridgehead atoms. The van der Waals surface area contributed by atoms with E-state index in [1.807, 2.05) is 27.7 Å². The first-order valence-electron chi connectivity index (χ1n) is 18.4. The fourth-order valence-corrected chi connectivity index (χ4v) is 8.18. The van der Waals surface area contributed by atoms with Gasteiger partial charge in [-0.25, -0.2) is 30.0 Å². The number of fused-ring (bicyclic) bond motifs is 14. The van der Waals surface area contributed by atoms with Crippen molar-refractivity contribution in [2.75, 3.05) is 0 Å². The Bertz CT molecular complexity index is 2820. The second-order valence-corrected chi connectivity index (χ2v) is 15.2. The molecule has 0 aliphatic carbocycles. The zero-order valence-electron chi connectivity index (χ0n) is 31.4. The number of aliphatic hydroxyl groups excluding tert-OH is 1. The molecule has 2 aromatic heterocycles. The summed E-state index contributed by atoms with van der Waals surface area (Å²) < 4.78 is 4.41. The van der Waals surface area contributed by atoms with Crippen molar-refractivity contribution < 1.29 is 5.11 Å². The number of rotatable bonds is 2. The van der Waals surface area contributed by atoms with Crippen molar-refractivity contribution >= 4 is 56.5 Å². The fraction of sp³-hybridized carbons (Fsp3) is 0.273. The minimum atomic E-state index is -0.130. The Hall–Kier alpha value is -5.80. The SMILES string of the molecule is CC(C)C(O)C(C)C.Cc1cccc2c1C1=NC2=Nc2c3cccc(C)c3c3n2Cn2c(c4cccc(C)c4c2=N1)=NC1=NC(=N3)c2c(C)cccc21. The third kappa shape index (κ3) is 5.01. The molecule has 4 aromatic carbocycles. The number of nitrogens with zero attached hydrogens (tertiary/aromatic N) is 8. The number of aliphatic imine (C=N–C) groups is 4. The van der Waals surface area contributed by atoms with E-state index >= 15 is 0 Å². The molecule has 0 atom stereocenters. The van der Waals surface area contributed by atoms with Gasteiger partial charge < -0.3 is 5.11 Å². The second-order valence-electron chi connectivity index (χ2n) is 15.2. The first-order chi connectivity index (χ1) is 25.5. The van der Waals surface area contributed by atoms with E-state index in [0.717, 1.165) is 88.7 Å². The van der Waals surface area contributed by atoms with E-state index in [2.05, 4.69) is 110 Å². The maximum atomic E-state index is 9.20. The monoisotopic (exact) mass is 698 g/mol. The highest BCUT2D eigenvalue weighted by Gasteiger charge is 2.31. The summed E-state index contributed by atoms with van der Waals surface area (Å²) in [5.74, 6) is 5.08. The molecule has 0 saturated carbocycles. The van der Waals surface area contributed by atoms with E-state index in [-0.39, 0.29) is 6.10 Å². The summed E-state index contributed by atoms with van der Waals surface area (Å²) in [7, 11) is 0. The Morgan fingerprint density at radius 3 is 1.60 bits per heavy atom. The molecule has 4 aliphatic rings. The first-order valence-corrected chi connectivity index (χ1v) is 18.4. The molecule has 1 N–H and O–H groups in total. The van der Waals surface area contributed by atoms with E-state index in [1.54, 1.807) is 0 Å². The van der Waals surface area contributed by atoms with Gasteiger partial charge in [0.15, 0.2) is 23.3 Å². The molecule has 53 heavy (non-hydrogen) atoms. The van der Waals surface area contributed by atoms with Gasteiger partial charge in [-0.3, -0.25) is 9.13 Å². The van der Waals surface area contributed by atoms with Crippen molar-refractivity contribution in [3.8, 4) is 0 Å². The van der Waals surface area contributed by atoms with Crippen molar-refractivity contribution in [2.45, 2.75) is 68.2 Å². The number of hydrogen-bond acceptors (Lipinski definition) is 7. The van der Waals surface area contributed by atoms with Crippen LogP contribution in [0.5, 0.6) is 0 Å².